The highest BCUT2D eigenvalue weighted by atomic mass is 19.1. The summed E-state index contributed by atoms with van der Waals surface area (Å²) in [6.45, 7) is 14.2. The molecule has 1 fully saturated rings. The summed E-state index contributed by atoms with van der Waals surface area (Å²) < 4.78 is 16.2. The number of hydrogen-bond donors (Lipinski definition) is 1. The lowest BCUT2D eigenvalue weighted by Crippen LogP contribution is -2.35. The molecule has 0 spiro atoms. The Morgan fingerprint density at radius 3 is 2.50 bits per heavy atom. The summed E-state index contributed by atoms with van der Waals surface area (Å²) in [5.74, 6) is 3.31. The molecule has 0 bridgehead atoms. The van der Waals surface area contributed by atoms with Crippen molar-refractivity contribution in [2.45, 2.75) is 59.4 Å². The number of anilines is 2. The van der Waals surface area contributed by atoms with E-state index in [9.17, 15) is 4.39 Å². The molecule has 0 radical (unpaired) electrons. The van der Waals surface area contributed by atoms with Gasteiger partial charge in [0, 0.05) is 56.5 Å². The van der Waals surface area contributed by atoms with E-state index in [1.165, 1.54) is 5.56 Å². The van der Waals surface area contributed by atoms with Crippen LogP contribution in [0.15, 0.2) is 30.7 Å². The molecule has 0 aliphatic carbocycles. The zero-order valence-electron chi connectivity index (χ0n) is 22.4. The number of nitrogens with zero attached hydrogens (tertiary/aromatic N) is 6. The Labute approximate surface area is 214 Å². The predicted molar refractivity (Wildman–Crippen MR) is 145 cm³/mol. The molecule has 7 nitrogen and oxygen atoms in total. The molecule has 194 valence electrons. The molecule has 1 aliphatic rings. The van der Waals surface area contributed by atoms with Gasteiger partial charge in [0.25, 0.3) is 0 Å². The van der Waals surface area contributed by atoms with E-state index in [1.807, 2.05) is 26.1 Å². The summed E-state index contributed by atoms with van der Waals surface area (Å²) in [5, 5.41) is 3.21. The van der Waals surface area contributed by atoms with Gasteiger partial charge in [-0.05, 0) is 63.0 Å². The summed E-state index contributed by atoms with van der Waals surface area (Å²) in [4.78, 5) is 19.0. The highest BCUT2D eigenvalue weighted by molar-refractivity contribution is 5.60. The second kappa shape index (κ2) is 11.8. The highest BCUT2D eigenvalue weighted by Crippen LogP contribution is 2.33. The molecule has 0 saturated carbocycles. The smallest absolute Gasteiger partial charge is 0.137 e. The lowest BCUT2D eigenvalue weighted by Gasteiger charge is -2.34. The van der Waals surface area contributed by atoms with Gasteiger partial charge in [0.05, 0.1) is 5.69 Å². The monoisotopic (exact) mass is 493 g/mol. The van der Waals surface area contributed by atoms with E-state index < -0.39 is 0 Å². The maximum absolute atomic E-state index is 13.9. The average Bonchev–Trinajstić information content (AvgIpc) is 3.34. The number of imidazole rings is 1. The molecule has 1 N–H and O–H groups in total. The molecule has 2 aromatic heterocycles. The Hall–Kier alpha value is -3.00. The summed E-state index contributed by atoms with van der Waals surface area (Å²) in [6.07, 6.45) is 6.75. The first kappa shape index (κ1) is 26.1. The molecular formula is C28H40FN7. The van der Waals surface area contributed by atoms with Crippen molar-refractivity contribution in [3.8, 4) is 11.3 Å². The average molecular weight is 494 g/mol. The molecule has 3 aromatic rings. The SMILES string of the molecule is CCc1c(NC)ncnc1N1CCC(c2nc(-c3ccc(F)c(C)c3)cn2CCN(CC)CC)CC1. The number of aromatic nitrogens is 4. The van der Waals surface area contributed by atoms with Crippen molar-refractivity contribution < 1.29 is 4.39 Å². The fourth-order valence-electron chi connectivity index (χ4n) is 5.23. The van der Waals surface area contributed by atoms with Crippen molar-refractivity contribution in [3.05, 3.63) is 53.5 Å². The predicted octanol–water partition coefficient (Wildman–Crippen LogP) is 5.12. The van der Waals surface area contributed by atoms with E-state index in [2.05, 4.69) is 56.6 Å². The van der Waals surface area contributed by atoms with Crippen LogP contribution in [-0.2, 0) is 13.0 Å². The third-order valence-electron chi connectivity index (χ3n) is 7.49. The molecule has 1 saturated heterocycles. The van der Waals surface area contributed by atoms with E-state index in [-0.39, 0.29) is 5.82 Å². The van der Waals surface area contributed by atoms with Crippen molar-refractivity contribution >= 4 is 11.6 Å². The Bertz CT molecular complexity index is 1150. The number of likely N-dealkylation sites (N-methyl/N-ethyl adjacent to an activating group) is 1. The van der Waals surface area contributed by atoms with E-state index >= 15 is 0 Å². The van der Waals surface area contributed by atoms with Crippen molar-refractivity contribution in [2.24, 2.45) is 0 Å². The van der Waals surface area contributed by atoms with Crippen LogP contribution in [0.2, 0.25) is 0 Å². The van der Waals surface area contributed by atoms with Gasteiger partial charge < -0.3 is 19.7 Å². The molecule has 36 heavy (non-hydrogen) atoms. The fourth-order valence-corrected chi connectivity index (χ4v) is 5.23. The van der Waals surface area contributed by atoms with Crippen LogP contribution in [0.25, 0.3) is 11.3 Å². The number of benzene rings is 1. The van der Waals surface area contributed by atoms with E-state index in [0.29, 0.717) is 11.5 Å². The van der Waals surface area contributed by atoms with Crippen molar-refractivity contribution in [1.29, 1.82) is 0 Å². The van der Waals surface area contributed by atoms with Gasteiger partial charge in [-0.1, -0.05) is 20.8 Å². The first-order valence-electron chi connectivity index (χ1n) is 13.3. The second-order valence-electron chi connectivity index (χ2n) is 9.56. The Morgan fingerprint density at radius 1 is 1.11 bits per heavy atom. The number of halogens is 1. The number of hydrogen-bond acceptors (Lipinski definition) is 6. The summed E-state index contributed by atoms with van der Waals surface area (Å²) in [7, 11) is 1.91. The molecular weight excluding hydrogens is 453 g/mol. The highest BCUT2D eigenvalue weighted by Gasteiger charge is 2.27. The van der Waals surface area contributed by atoms with Crippen LogP contribution in [0, 0.1) is 12.7 Å². The lowest BCUT2D eigenvalue weighted by molar-refractivity contribution is 0.287. The van der Waals surface area contributed by atoms with Gasteiger partial charge in [-0.25, -0.2) is 19.3 Å². The molecule has 0 unspecified atom stereocenters. The summed E-state index contributed by atoms with van der Waals surface area (Å²) in [5.41, 5.74) is 3.73. The third-order valence-corrected chi connectivity index (χ3v) is 7.49. The standard InChI is InChI=1S/C28H40FN7/c1-6-23-26(30-5)31-19-32-28(23)35-13-11-21(12-14-35)27-33-25(22-9-10-24(29)20(4)17-22)18-36(27)16-15-34(7-2)8-3/h9-10,17-19,21H,6-8,11-16H2,1-5H3,(H,30,31,32). The van der Waals surface area contributed by atoms with Gasteiger partial charge in [0.2, 0.25) is 0 Å². The van der Waals surface area contributed by atoms with E-state index in [1.54, 1.807) is 12.4 Å². The number of piperidine rings is 1. The molecule has 8 heteroatoms. The second-order valence-corrected chi connectivity index (χ2v) is 9.56. The van der Waals surface area contributed by atoms with Crippen LogP contribution in [0.3, 0.4) is 0 Å². The summed E-state index contributed by atoms with van der Waals surface area (Å²) >= 11 is 0. The topological polar surface area (TPSA) is 62.1 Å². The van der Waals surface area contributed by atoms with Crippen molar-refractivity contribution in [1.82, 2.24) is 24.4 Å². The van der Waals surface area contributed by atoms with E-state index in [0.717, 1.165) is 87.2 Å². The number of aryl methyl sites for hydroxylation is 1. The minimum Gasteiger partial charge on any atom is -0.373 e. The Morgan fingerprint density at radius 2 is 1.86 bits per heavy atom. The Kier molecular flexibility index (Phi) is 8.56. The molecule has 1 aromatic carbocycles. The van der Waals surface area contributed by atoms with Gasteiger partial charge in [-0.15, -0.1) is 0 Å². The van der Waals surface area contributed by atoms with Crippen LogP contribution in [0.5, 0.6) is 0 Å². The molecule has 4 rings (SSSR count). The van der Waals surface area contributed by atoms with Crippen LogP contribution in [0.1, 0.15) is 56.5 Å². The maximum Gasteiger partial charge on any atom is 0.137 e. The number of nitrogens with one attached hydrogen (secondary N) is 1. The minimum absolute atomic E-state index is 0.176. The van der Waals surface area contributed by atoms with Crippen LogP contribution in [0.4, 0.5) is 16.0 Å². The van der Waals surface area contributed by atoms with Gasteiger partial charge in [-0.3, -0.25) is 0 Å². The van der Waals surface area contributed by atoms with Crippen LogP contribution in [-0.4, -0.2) is 64.2 Å². The Balaban J connectivity index is 1.57. The molecule has 0 atom stereocenters. The van der Waals surface area contributed by atoms with Crippen molar-refractivity contribution in [3.63, 3.8) is 0 Å². The normalized spacial score (nSPS) is 14.6. The number of rotatable bonds is 10. The molecule has 1 aliphatic heterocycles. The van der Waals surface area contributed by atoms with Crippen molar-refractivity contribution in [2.75, 3.05) is 50.0 Å². The quantitative estimate of drug-likeness (QED) is 0.423. The minimum atomic E-state index is -0.176. The van der Waals surface area contributed by atoms with Gasteiger partial charge in [0.1, 0.15) is 29.6 Å². The maximum atomic E-state index is 13.9. The first-order chi connectivity index (χ1) is 17.5. The third kappa shape index (κ3) is 5.53. The zero-order chi connectivity index (χ0) is 25.7. The van der Waals surface area contributed by atoms with Gasteiger partial charge in [0.15, 0.2) is 0 Å². The molecule has 0 amide bonds. The lowest BCUT2D eigenvalue weighted by atomic mass is 9.95. The zero-order valence-corrected chi connectivity index (χ0v) is 22.4. The fraction of sp³-hybridized carbons (Fsp3) is 0.536. The first-order valence-corrected chi connectivity index (χ1v) is 13.3. The van der Waals surface area contributed by atoms with Gasteiger partial charge >= 0.3 is 0 Å². The van der Waals surface area contributed by atoms with E-state index in [4.69, 9.17) is 4.98 Å². The van der Waals surface area contributed by atoms with Crippen LogP contribution < -0.4 is 10.2 Å². The summed E-state index contributed by atoms with van der Waals surface area (Å²) in [6, 6.07) is 5.29. The molecule has 3 heterocycles. The van der Waals surface area contributed by atoms with Crippen LogP contribution >= 0.6 is 0 Å². The van der Waals surface area contributed by atoms with Gasteiger partial charge in [-0.2, -0.15) is 0 Å². The largest absolute Gasteiger partial charge is 0.373 e.